The van der Waals surface area contributed by atoms with Crippen molar-refractivity contribution in [3.8, 4) is 11.5 Å². The zero-order valence-electron chi connectivity index (χ0n) is 15.0. The number of carbonyl (C=O) groups is 2. The van der Waals surface area contributed by atoms with Gasteiger partial charge in [0.1, 0.15) is 0 Å². The Balaban J connectivity index is 1.95. The highest BCUT2D eigenvalue weighted by Crippen LogP contribution is 2.46. The molecule has 1 saturated heterocycles. The van der Waals surface area contributed by atoms with Crippen LogP contribution >= 0.6 is 0 Å². The number of methoxy groups -OCH3 is 3. The van der Waals surface area contributed by atoms with Crippen molar-refractivity contribution in [1.82, 2.24) is 4.90 Å². The third-order valence-electron chi connectivity index (χ3n) is 5.36. The van der Waals surface area contributed by atoms with Crippen LogP contribution in [0.4, 0.5) is 0 Å². The monoisotopic (exact) mass is 347 g/mol. The molecule has 0 spiro atoms. The molecule has 0 bridgehead atoms. The van der Waals surface area contributed by atoms with Crippen LogP contribution in [0, 0.1) is 5.92 Å². The number of ether oxygens (including phenoxy) is 3. The molecule has 0 aliphatic carbocycles. The normalized spacial score (nSPS) is 22.0. The number of carbonyl (C=O) groups excluding carboxylic acids is 2. The second kappa shape index (κ2) is 7.33. The maximum absolute atomic E-state index is 12.4. The van der Waals surface area contributed by atoms with Crippen LogP contribution in [0.15, 0.2) is 12.1 Å². The van der Waals surface area contributed by atoms with Crippen molar-refractivity contribution in [1.29, 1.82) is 0 Å². The SMILES string of the molecule is COC(=O)CC[C@@H]1CCC(=O)N2CCc3cc(OC)c(OC)cc3[C@@H]12. The lowest BCUT2D eigenvalue weighted by Crippen LogP contribution is -2.46. The Bertz CT molecular complexity index is 672. The summed E-state index contributed by atoms with van der Waals surface area (Å²) in [7, 11) is 4.65. The first-order chi connectivity index (χ1) is 12.1. The van der Waals surface area contributed by atoms with Crippen LogP contribution in [0.3, 0.4) is 0 Å². The summed E-state index contributed by atoms with van der Waals surface area (Å²) in [6.07, 6.45) is 3.24. The van der Waals surface area contributed by atoms with Crippen LogP contribution in [-0.2, 0) is 20.7 Å². The van der Waals surface area contributed by atoms with Crippen LogP contribution < -0.4 is 9.47 Å². The van der Waals surface area contributed by atoms with E-state index in [9.17, 15) is 9.59 Å². The van der Waals surface area contributed by atoms with E-state index in [2.05, 4.69) is 0 Å². The van der Waals surface area contributed by atoms with Gasteiger partial charge < -0.3 is 19.1 Å². The van der Waals surface area contributed by atoms with Crippen molar-refractivity contribution < 1.29 is 23.8 Å². The number of hydrogen-bond acceptors (Lipinski definition) is 5. The fourth-order valence-corrected chi connectivity index (χ4v) is 4.08. The zero-order chi connectivity index (χ0) is 18.0. The van der Waals surface area contributed by atoms with Gasteiger partial charge in [-0.15, -0.1) is 0 Å². The number of nitrogens with zero attached hydrogens (tertiary/aromatic N) is 1. The van der Waals surface area contributed by atoms with Crippen molar-refractivity contribution in [2.24, 2.45) is 5.92 Å². The number of piperidine rings is 1. The molecule has 3 rings (SSSR count). The molecule has 25 heavy (non-hydrogen) atoms. The van der Waals surface area contributed by atoms with Gasteiger partial charge >= 0.3 is 5.97 Å². The Labute approximate surface area is 148 Å². The third-order valence-corrected chi connectivity index (χ3v) is 5.36. The molecule has 2 aliphatic heterocycles. The molecule has 6 nitrogen and oxygen atoms in total. The van der Waals surface area contributed by atoms with Gasteiger partial charge in [-0.1, -0.05) is 0 Å². The van der Waals surface area contributed by atoms with E-state index in [0.717, 1.165) is 24.8 Å². The summed E-state index contributed by atoms with van der Waals surface area (Å²) in [5, 5.41) is 0. The molecular weight excluding hydrogens is 322 g/mol. The maximum Gasteiger partial charge on any atom is 0.305 e. The van der Waals surface area contributed by atoms with Crippen LogP contribution in [0.1, 0.15) is 42.9 Å². The molecule has 0 radical (unpaired) electrons. The van der Waals surface area contributed by atoms with E-state index in [4.69, 9.17) is 14.2 Å². The first-order valence-corrected chi connectivity index (χ1v) is 8.70. The van der Waals surface area contributed by atoms with Crippen LogP contribution in [0.5, 0.6) is 11.5 Å². The van der Waals surface area contributed by atoms with Crippen LogP contribution in [-0.4, -0.2) is 44.7 Å². The lowest BCUT2D eigenvalue weighted by atomic mass is 9.77. The van der Waals surface area contributed by atoms with Crippen molar-refractivity contribution in [2.45, 2.75) is 38.1 Å². The summed E-state index contributed by atoms with van der Waals surface area (Å²) in [6.45, 7) is 0.709. The van der Waals surface area contributed by atoms with Gasteiger partial charge in [-0.2, -0.15) is 0 Å². The van der Waals surface area contributed by atoms with Crippen molar-refractivity contribution in [3.05, 3.63) is 23.3 Å². The molecule has 2 heterocycles. The van der Waals surface area contributed by atoms with Crippen molar-refractivity contribution >= 4 is 11.9 Å². The van der Waals surface area contributed by atoms with E-state index >= 15 is 0 Å². The molecule has 2 atom stereocenters. The highest BCUT2D eigenvalue weighted by molar-refractivity contribution is 5.78. The van der Waals surface area contributed by atoms with E-state index in [1.165, 1.54) is 12.7 Å². The molecule has 0 unspecified atom stereocenters. The Morgan fingerprint density at radius 1 is 1.16 bits per heavy atom. The van der Waals surface area contributed by atoms with E-state index < -0.39 is 0 Å². The molecule has 0 N–H and O–H groups in total. The Kier molecular flexibility index (Phi) is 5.16. The molecule has 1 aromatic rings. The largest absolute Gasteiger partial charge is 0.493 e. The predicted molar refractivity (Wildman–Crippen MR) is 91.7 cm³/mol. The average Bonchev–Trinajstić information content (AvgIpc) is 2.65. The Hall–Kier alpha value is -2.24. The molecule has 1 amide bonds. The van der Waals surface area contributed by atoms with Crippen molar-refractivity contribution in [2.75, 3.05) is 27.9 Å². The summed E-state index contributed by atoms with van der Waals surface area (Å²) in [5.41, 5.74) is 2.31. The summed E-state index contributed by atoms with van der Waals surface area (Å²) in [5.74, 6) is 1.62. The highest BCUT2D eigenvalue weighted by Gasteiger charge is 2.40. The standard InChI is InChI=1S/C19H25NO5/c1-23-15-10-13-8-9-20-17(21)6-4-12(5-7-18(22)25-3)19(20)14(13)11-16(15)24-2/h10-12,19H,4-9H2,1-3H3/t12-,19+/m0/s1. The topological polar surface area (TPSA) is 65.1 Å². The lowest BCUT2D eigenvalue weighted by Gasteiger charge is -2.45. The van der Waals surface area contributed by atoms with E-state index in [0.29, 0.717) is 30.9 Å². The van der Waals surface area contributed by atoms with Gasteiger partial charge in [-0.3, -0.25) is 9.59 Å². The first kappa shape index (κ1) is 17.6. The lowest BCUT2D eigenvalue weighted by molar-refractivity contribution is -0.142. The number of fused-ring (bicyclic) bond motifs is 3. The molecule has 0 aromatic heterocycles. The second-order valence-corrected chi connectivity index (χ2v) is 6.60. The number of amides is 1. The number of rotatable bonds is 5. The minimum Gasteiger partial charge on any atom is -0.493 e. The van der Waals surface area contributed by atoms with Gasteiger partial charge in [-0.25, -0.2) is 0 Å². The van der Waals surface area contributed by atoms with Gasteiger partial charge in [0.25, 0.3) is 0 Å². The quantitative estimate of drug-likeness (QED) is 0.766. The number of esters is 1. The average molecular weight is 347 g/mol. The zero-order valence-corrected chi connectivity index (χ0v) is 15.0. The molecule has 1 fully saturated rings. The predicted octanol–water partition coefficient (Wildman–Crippen LogP) is 2.49. The molecule has 0 saturated carbocycles. The van der Waals surface area contributed by atoms with Crippen LogP contribution in [0.25, 0.3) is 0 Å². The first-order valence-electron chi connectivity index (χ1n) is 8.70. The minimum absolute atomic E-state index is 0.00513. The Morgan fingerprint density at radius 2 is 1.88 bits per heavy atom. The molecule has 2 aliphatic rings. The summed E-state index contributed by atoms with van der Waals surface area (Å²) >= 11 is 0. The molecule has 1 aromatic carbocycles. The van der Waals surface area contributed by atoms with Gasteiger partial charge in [0.15, 0.2) is 11.5 Å². The van der Waals surface area contributed by atoms with E-state index in [-0.39, 0.29) is 23.8 Å². The van der Waals surface area contributed by atoms with Crippen LogP contribution in [0.2, 0.25) is 0 Å². The smallest absolute Gasteiger partial charge is 0.305 e. The highest BCUT2D eigenvalue weighted by atomic mass is 16.5. The van der Waals surface area contributed by atoms with Gasteiger partial charge in [0.2, 0.25) is 5.91 Å². The van der Waals surface area contributed by atoms with Gasteiger partial charge in [-0.05, 0) is 48.4 Å². The fraction of sp³-hybridized carbons (Fsp3) is 0.579. The summed E-state index contributed by atoms with van der Waals surface area (Å²) < 4.78 is 15.6. The number of hydrogen-bond donors (Lipinski definition) is 0. The Morgan fingerprint density at radius 3 is 2.56 bits per heavy atom. The number of benzene rings is 1. The summed E-state index contributed by atoms with van der Waals surface area (Å²) in [6, 6.07) is 4.01. The molecule has 6 heteroatoms. The summed E-state index contributed by atoms with van der Waals surface area (Å²) in [4.78, 5) is 26.0. The third kappa shape index (κ3) is 3.30. The van der Waals surface area contributed by atoms with E-state index in [1.807, 2.05) is 17.0 Å². The molecule has 136 valence electrons. The fourth-order valence-electron chi connectivity index (χ4n) is 4.08. The van der Waals surface area contributed by atoms with Crippen molar-refractivity contribution in [3.63, 3.8) is 0 Å². The van der Waals surface area contributed by atoms with Gasteiger partial charge in [0, 0.05) is 19.4 Å². The van der Waals surface area contributed by atoms with Gasteiger partial charge in [0.05, 0.1) is 27.4 Å². The maximum atomic E-state index is 12.4. The molecular formula is C19H25NO5. The second-order valence-electron chi connectivity index (χ2n) is 6.60. The minimum atomic E-state index is -0.202. The van der Waals surface area contributed by atoms with E-state index in [1.54, 1.807) is 14.2 Å².